The molecule has 1 aliphatic heterocycles. The van der Waals surface area contributed by atoms with Crippen LogP contribution in [0.5, 0.6) is 23.0 Å². The Kier molecular flexibility index (Phi) is 10.6. The van der Waals surface area contributed by atoms with Crippen LogP contribution in [0.25, 0.3) is 22.3 Å². The third-order valence-electron chi connectivity index (χ3n) is 8.02. The van der Waals surface area contributed by atoms with Gasteiger partial charge in [0.1, 0.15) is 24.2 Å². The second-order valence-corrected chi connectivity index (χ2v) is 11.6. The van der Waals surface area contributed by atoms with Crippen molar-refractivity contribution in [3.8, 4) is 45.3 Å². The number of likely N-dealkylation sites (tertiary alicyclic amines) is 1. The molecular weight excluding hydrogens is 566 g/mol. The Bertz CT molecular complexity index is 1580. The van der Waals surface area contributed by atoms with E-state index in [2.05, 4.69) is 28.2 Å². The Balaban J connectivity index is 1.31. The average Bonchev–Trinajstić information content (AvgIpc) is 3.06. The first-order valence-electron chi connectivity index (χ1n) is 15.3. The van der Waals surface area contributed by atoms with Gasteiger partial charge in [0.05, 0.1) is 14.2 Å². The predicted molar refractivity (Wildman–Crippen MR) is 180 cm³/mol. The molecule has 0 atom stereocenters. The van der Waals surface area contributed by atoms with Gasteiger partial charge in [-0.15, -0.1) is 0 Å². The second-order valence-electron chi connectivity index (χ2n) is 11.6. The monoisotopic (exact) mass is 609 g/mol. The summed E-state index contributed by atoms with van der Waals surface area (Å²) < 4.78 is 23.6. The van der Waals surface area contributed by atoms with Crippen molar-refractivity contribution in [3.05, 3.63) is 90.5 Å². The molecule has 0 saturated carbocycles. The molecule has 0 radical (unpaired) electrons. The van der Waals surface area contributed by atoms with Crippen molar-refractivity contribution in [3.63, 3.8) is 0 Å². The molecule has 4 aromatic carbocycles. The highest BCUT2D eigenvalue weighted by atomic mass is 16.5. The zero-order valence-electron chi connectivity index (χ0n) is 26.8. The summed E-state index contributed by atoms with van der Waals surface area (Å²) in [6, 6.07) is 27.0. The molecule has 1 heterocycles. The number of nitrogens with zero attached hydrogens (tertiary/aromatic N) is 2. The first kappa shape index (κ1) is 31.9. The van der Waals surface area contributed by atoms with Crippen LogP contribution in [-0.4, -0.2) is 83.4 Å². The first-order chi connectivity index (χ1) is 21.8. The molecule has 0 bridgehead atoms. The van der Waals surface area contributed by atoms with Crippen molar-refractivity contribution in [2.45, 2.75) is 18.9 Å². The molecule has 1 amide bonds. The van der Waals surface area contributed by atoms with Gasteiger partial charge in [-0.25, -0.2) is 0 Å². The number of hydrogen-bond acceptors (Lipinski definition) is 7. The Labute approximate surface area is 266 Å². The SMILES string of the molecule is COc1cccc(-c2cc(C(=O)Nc3ccc(-c4ccc(OC5CCN(C)CC5)c(OCCN(C)C)c4)cc3)ccc2OC)c1. The Morgan fingerprint density at radius 1 is 0.822 bits per heavy atom. The summed E-state index contributed by atoms with van der Waals surface area (Å²) in [5.74, 6) is 2.73. The van der Waals surface area contributed by atoms with Gasteiger partial charge in [-0.1, -0.05) is 30.3 Å². The van der Waals surface area contributed by atoms with Crippen LogP contribution >= 0.6 is 0 Å². The van der Waals surface area contributed by atoms with Crippen LogP contribution < -0.4 is 24.3 Å². The molecule has 4 aromatic rings. The summed E-state index contributed by atoms with van der Waals surface area (Å²) in [6.45, 7) is 3.44. The van der Waals surface area contributed by atoms with Crippen LogP contribution in [0.3, 0.4) is 0 Å². The minimum absolute atomic E-state index is 0.184. The summed E-state index contributed by atoms with van der Waals surface area (Å²) in [4.78, 5) is 17.7. The third-order valence-corrected chi connectivity index (χ3v) is 8.02. The smallest absolute Gasteiger partial charge is 0.255 e. The molecule has 0 unspecified atom stereocenters. The topological polar surface area (TPSA) is 72.5 Å². The first-order valence-corrected chi connectivity index (χ1v) is 15.3. The zero-order chi connectivity index (χ0) is 31.8. The molecule has 8 heteroatoms. The second kappa shape index (κ2) is 15.0. The highest BCUT2D eigenvalue weighted by Gasteiger charge is 2.20. The van der Waals surface area contributed by atoms with E-state index < -0.39 is 0 Å². The highest BCUT2D eigenvalue weighted by molar-refractivity contribution is 6.05. The molecule has 1 fully saturated rings. The van der Waals surface area contributed by atoms with Gasteiger partial charge in [-0.2, -0.15) is 0 Å². The Hall–Kier alpha value is -4.53. The third kappa shape index (κ3) is 8.35. The van der Waals surface area contributed by atoms with Gasteiger partial charge in [-0.3, -0.25) is 4.79 Å². The van der Waals surface area contributed by atoms with Crippen LogP contribution in [0.2, 0.25) is 0 Å². The van der Waals surface area contributed by atoms with Crippen molar-refractivity contribution in [1.82, 2.24) is 9.80 Å². The van der Waals surface area contributed by atoms with Crippen LogP contribution in [0.15, 0.2) is 84.9 Å². The normalized spacial score (nSPS) is 13.8. The minimum atomic E-state index is -0.207. The number of anilines is 1. The number of piperidine rings is 1. The number of nitrogens with one attached hydrogen (secondary N) is 1. The molecular formula is C37H43N3O5. The van der Waals surface area contributed by atoms with Crippen molar-refractivity contribution >= 4 is 11.6 Å². The summed E-state index contributed by atoms with van der Waals surface area (Å²) in [7, 11) is 9.46. The van der Waals surface area contributed by atoms with Crippen molar-refractivity contribution in [1.29, 1.82) is 0 Å². The molecule has 1 aliphatic rings. The van der Waals surface area contributed by atoms with Crippen LogP contribution in [0, 0.1) is 0 Å². The number of carbonyl (C=O) groups excluding carboxylic acids is 1. The van der Waals surface area contributed by atoms with Crippen LogP contribution in [-0.2, 0) is 0 Å². The van der Waals surface area contributed by atoms with E-state index in [-0.39, 0.29) is 12.0 Å². The van der Waals surface area contributed by atoms with Crippen molar-refractivity contribution < 1.29 is 23.7 Å². The quantitative estimate of drug-likeness (QED) is 0.192. The summed E-state index contributed by atoms with van der Waals surface area (Å²) in [5.41, 5.74) is 4.97. The van der Waals surface area contributed by atoms with Crippen molar-refractivity contribution in [2.75, 3.05) is 66.9 Å². The fourth-order valence-corrected chi connectivity index (χ4v) is 5.33. The van der Waals surface area contributed by atoms with Crippen LogP contribution in [0.4, 0.5) is 5.69 Å². The van der Waals surface area contributed by atoms with Gasteiger partial charge in [0.15, 0.2) is 11.5 Å². The van der Waals surface area contributed by atoms with Gasteiger partial charge in [0.25, 0.3) is 5.91 Å². The van der Waals surface area contributed by atoms with E-state index in [0.717, 1.165) is 72.0 Å². The molecule has 236 valence electrons. The van der Waals surface area contributed by atoms with E-state index in [1.807, 2.05) is 86.9 Å². The number of carbonyl (C=O) groups is 1. The predicted octanol–water partition coefficient (Wildman–Crippen LogP) is 6.70. The van der Waals surface area contributed by atoms with Gasteiger partial charge in [0.2, 0.25) is 0 Å². The van der Waals surface area contributed by atoms with Crippen molar-refractivity contribution in [2.24, 2.45) is 0 Å². The number of hydrogen-bond donors (Lipinski definition) is 1. The van der Waals surface area contributed by atoms with E-state index in [1.54, 1.807) is 20.3 Å². The Morgan fingerprint density at radius 2 is 1.56 bits per heavy atom. The fourth-order valence-electron chi connectivity index (χ4n) is 5.33. The number of ether oxygens (including phenoxy) is 4. The van der Waals surface area contributed by atoms with Gasteiger partial charge >= 0.3 is 0 Å². The molecule has 0 aliphatic carbocycles. The number of likely N-dealkylation sites (N-methyl/N-ethyl adjacent to an activating group) is 1. The number of benzene rings is 4. The highest BCUT2D eigenvalue weighted by Crippen LogP contribution is 2.36. The average molecular weight is 610 g/mol. The lowest BCUT2D eigenvalue weighted by atomic mass is 10.0. The van der Waals surface area contributed by atoms with E-state index in [1.165, 1.54) is 0 Å². The van der Waals surface area contributed by atoms with E-state index in [9.17, 15) is 4.79 Å². The molecule has 5 rings (SSSR count). The number of amides is 1. The van der Waals surface area contributed by atoms with Crippen LogP contribution in [0.1, 0.15) is 23.2 Å². The maximum Gasteiger partial charge on any atom is 0.255 e. The largest absolute Gasteiger partial charge is 0.497 e. The molecule has 8 nitrogen and oxygen atoms in total. The lowest BCUT2D eigenvalue weighted by molar-refractivity contribution is 0.102. The summed E-state index contributed by atoms with van der Waals surface area (Å²) >= 11 is 0. The minimum Gasteiger partial charge on any atom is -0.497 e. The maximum absolute atomic E-state index is 13.3. The van der Waals surface area contributed by atoms with E-state index in [0.29, 0.717) is 23.6 Å². The lowest BCUT2D eigenvalue weighted by Gasteiger charge is -2.30. The molecule has 0 aromatic heterocycles. The molecule has 0 spiro atoms. The fraction of sp³-hybridized carbons (Fsp3) is 0.324. The van der Waals surface area contributed by atoms with Gasteiger partial charge in [-0.05, 0) is 105 Å². The molecule has 45 heavy (non-hydrogen) atoms. The molecule has 1 saturated heterocycles. The summed E-state index contributed by atoms with van der Waals surface area (Å²) in [6.07, 6.45) is 2.19. The maximum atomic E-state index is 13.3. The Morgan fingerprint density at radius 3 is 2.27 bits per heavy atom. The zero-order valence-corrected chi connectivity index (χ0v) is 26.8. The van der Waals surface area contributed by atoms with Gasteiger partial charge in [0, 0.05) is 36.4 Å². The molecule has 1 N–H and O–H groups in total. The van der Waals surface area contributed by atoms with E-state index >= 15 is 0 Å². The number of rotatable bonds is 12. The number of methoxy groups -OCH3 is 2. The van der Waals surface area contributed by atoms with Gasteiger partial charge < -0.3 is 34.1 Å². The lowest BCUT2D eigenvalue weighted by Crippen LogP contribution is -2.35. The standard InChI is InChI=1S/C37H43N3O5/c1-39(2)21-22-44-36-25-27(11-16-35(36)45-31-17-19-40(3)20-18-31)26-9-13-30(14-10-26)38-37(41)29-12-15-34(43-5)33(24-29)28-7-6-8-32(23-28)42-4/h6-16,23-25,31H,17-22H2,1-5H3,(H,38,41). The summed E-state index contributed by atoms with van der Waals surface area (Å²) in [5, 5.41) is 3.03. The van der Waals surface area contributed by atoms with E-state index in [4.69, 9.17) is 18.9 Å².